The van der Waals surface area contributed by atoms with Gasteiger partial charge in [-0.3, -0.25) is 0 Å². The maximum absolute atomic E-state index is 3.43. The fourth-order valence-electron chi connectivity index (χ4n) is 3.20. The fraction of sp³-hybridized carbons (Fsp3) is 0.688. The molecule has 0 spiro atoms. The molecule has 0 amide bonds. The topological polar surface area (TPSA) is 18.5 Å². The van der Waals surface area contributed by atoms with Crippen molar-refractivity contribution in [1.82, 2.24) is 15.1 Å². The standard InChI is InChI=1S/C16H26N3/c1-14-5-9-18(10-6-14)15-3-2-4-16(13-15)19-11-7-17-8-12-19/h3-4,13-14,17H,2,5-12H2,1H3. The van der Waals surface area contributed by atoms with E-state index in [9.17, 15) is 0 Å². The van der Waals surface area contributed by atoms with Crippen LogP contribution >= 0.6 is 0 Å². The number of hydrogen-bond donors (Lipinski definition) is 1. The predicted molar refractivity (Wildman–Crippen MR) is 79.5 cm³/mol. The molecule has 0 aromatic rings. The molecule has 3 aliphatic rings. The van der Waals surface area contributed by atoms with E-state index in [-0.39, 0.29) is 0 Å². The van der Waals surface area contributed by atoms with Gasteiger partial charge in [0.05, 0.1) is 0 Å². The zero-order chi connectivity index (χ0) is 13.1. The van der Waals surface area contributed by atoms with Crippen molar-refractivity contribution in [3.8, 4) is 0 Å². The lowest BCUT2D eigenvalue weighted by molar-refractivity contribution is 0.237. The van der Waals surface area contributed by atoms with Gasteiger partial charge < -0.3 is 15.1 Å². The minimum Gasteiger partial charge on any atom is -0.374 e. The lowest BCUT2D eigenvalue weighted by atomic mass is 9.97. The number of likely N-dealkylation sites (tertiary alicyclic amines) is 1. The third-order valence-electron chi connectivity index (χ3n) is 4.58. The van der Waals surface area contributed by atoms with E-state index in [4.69, 9.17) is 0 Å². The third kappa shape index (κ3) is 3.14. The van der Waals surface area contributed by atoms with Crippen LogP contribution in [0.25, 0.3) is 0 Å². The molecule has 19 heavy (non-hydrogen) atoms. The summed E-state index contributed by atoms with van der Waals surface area (Å²) in [4.78, 5) is 5.10. The molecule has 2 aliphatic heterocycles. The number of rotatable bonds is 2. The van der Waals surface area contributed by atoms with Gasteiger partial charge in [-0.05, 0) is 31.3 Å². The molecule has 1 N–H and O–H groups in total. The Morgan fingerprint density at radius 3 is 2.42 bits per heavy atom. The Bertz CT molecular complexity index is 358. The fourth-order valence-corrected chi connectivity index (χ4v) is 3.20. The second-order valence-corrected chi connectivity index (χ2v) is 6.04. The SMILES string of the molecule is CC1CCN(C2=CC(N3CCNCC3)=CC[CH]2)CC1. The van der Waals surface area contributed by atoms with Crippen molar-refractivity contribution >= 4 is 0 Å². The Morgan fingerprint density at radius 2 is 1.68 bits per heavy atom. The van der Waals surface area contributed by atoms with Crippen LogP contribution in [0.5, 0.6) is 0 Å². The molecule has 2 heterocycles. The van der Waals surface area contributed by atoms with Gasteiger partial charge >= 0.3 is 0 Å². The largest absolute Gasteiger partial charge is 0.374 e. The van der Waals surface area contributed by atoms with Gasteiger partial charge in [0.25, 0.3) is 0 Å². The molecule has 0 saturated carbocycles. The highest BCUT2D eigenvalue weighted by atomic mass is 15.2. The first-order valence-electron chi connectivity index (χ1n) is 7.78. The van der Waals surface area contributed by atoms with Gasteiger partial charge in [0.15, 0.2) is 0 Å². The minimum atomic E-state index is 0.906. The summed E-state index contributed by atoms with van der Waals surface area (Å²) >= 11 is 0. The van der Waals surface area contributed by atoms with E-state index in [0.29, 0.717) is 0 Å². The predicted octanol–water partition coefficient (Wildman–Crippen LogP) is 2.00. The Labute approximate surface area is 117 Å². The quantitative estimate of drug-likeness (QED) is 0.819. The van der Waals surface area contributed by atoms with Crippen LogP contribution in [0.2, 0.25) is 0 Å². The Morgan fingerprint density at radius 1 is 1.00 bits per heavy atom. The molecule has 3 nitrogen and oxygen atoms in total. The minimum absolute atomic E-state index is 0.906. The van der Waals surface area contributed by atoms with Gasteiger partial charge in [-0.1, -0.05) is 13.0 Å². The maximum Gasteiger partial charge on any atom is 0.0344 e. The summed E-state index contributed by atoms with van der Waals surface area (Å²) in [6.07, 6.45) is 11.0. The Hall–Kier alpha value is -0.960. The molecule has 0 aromatic carbocycles. The lowest BCUT2D eigenvalue weighted by Crippen LogP contribution is -2.43. The monoisotopic (exact) mass is 260 g/mol. The van der Waals surface area contributed by atoms with Crippen LogP contribution in [0.15, 0.2) is 23.5 Å². The second-order valence-electron chi connectivity index (χ2n) is 6.04. The van der Waals surface area contributed by atoms with Crippen LogP contribution in [-0.4, -0.2) is 49.1 Å². The van der Waals surface area contributed by atoms with Crippen molar-refractivity contribution in [2.45, 2.75) is 26.2 Å². The molecule has 0 atom stereocenters. The lowest BCUT2D eigenvalue weighted by Gasteiger charge is -2.37. The van der Waals surface area contributed by atoms with Gasteiger partial charge in [-0.2, -0.15) is 0 Å². The molecule has 1 aliphatic carbocycles. The van der Waals surface area contributed by atoms with E-state index < -0.39 is 0 Å². The van der Waals surface area contributed by atoms with Crippen LogP contribution in [-0.2, 0) is 0 Å². The smallest absolute Gasteiger partial charge is 0.0344 e. The third-order valence-corrected chi connectivity index (χ3v) is 4.58. The maximum atomic E-state index is 3.43. The summed E-state index contributed by atoms with van der Waals surface area (Å²) in [5, 5.41) is 3.43. The van der Waals surface area contributed by atoms with E-state index in [1.165, 1.54) is 37.3 Å². The highest BCUT2D eigenvalue weighted by Gasteiger charge is 2.21. The molecule has 1 radical (unpaired) electrons. The average Bonchev–Trinajstić information content (AvgIpc) is 2.49. The molecule has 0 unspecified atom stereocenters. The zero-order valence-corrected chi connectivity index (χ0v) is 12.1. The molecule has 105 valence electrons. The van der Waals surface area contributed by atoms with Gasteiger partial charge in [0.2, 0.25) is 0 Å². The summed E-state index contributed by atoms with van der Waals surface area (Å²) in [5.74, 6) is 0.906. The summed E-state index contributed by atoms with van der Waals surface area (Å²) < 4.78 is 0. The van der Waals surface area contributed by atoms with Crippen LogP contribution < -0.4 is 5.32 Å². The van der Waals surface area contributed by atoms with Gasteiger partial charge in [0, 0.05) is 57.1 Å². The van der Waals surface area contributed by atoms with Gasteiger partial charge in [0.1, 0.15) is 0 Å². The first-order valence-corrected chi connectivity index (χ1v) is 7.78. The van der Waals surface area contributed by atoms with Crippen molar-refractivity contribution in [2.24, 2.45) is 5.92 Å². The number of hydrogen-bond acceptors (Lipinski definition) is 3. The van der Waals surface area contributed by atoms with E-state index >= 15 is 0 Å². The van der Waals surface area contributed by atoms with Crippen molar-refractivity contribution < 1.29 is 0 Å². The zero-order valence-electron chi connectivity index (χ0n) is 12.1. The molecule has 0 aromatic heterocycles. The van der Waals surface area contributed by atoms with E-state index in [2.05, 4.69) is 40.6 Å². The van der Waals surface area contributed by atoms with E-state index in [1.54, 1.807) is 0 Å². The van der Waals surface area contributed by atoms with Crippen molar-refractivity contribution in [1.29, 1.82) is 0 Å². The highest BCUT2D eigenvalue weighted by Crippen LogP contribution is 2.26. The average molecular weight is 260 g/mol. The molecule has 3 rings (SSSR count). The number of nitrogens with one attached hydrogen (secondary N) is 1. The van der Waals surface area contributed by atoms with Crippen LogP contribution in [0.4, 0.5) is 0 Å². The Balaban J connectivity index is 1.65. The Kier molecular flexibility index (Phi) is 4.12. The van der Waals surface area contributed by atoms with Crippen LogP contribution in [0.3, 0.4) is 0 Å². The molecule has 2 saturated heterocycles. The van der Waals surface area contributed by atoms with Crippen molar-refractivity contribution in [3.63, 3.8) is 0 Å². The van der Waals surface area contributed by atoms with Crippen molar-refractivity contribution in [2.75, 3.05) is 39.3 Å². The second kappa shape index (κ2) is 6.00. The molecule has 0 bridgehead atoms. The summed E-state index contributed by atoms with van der Waals surface area (Å²) in [6.45, 7) is 9.37. The van der Waals surface area contributed by atoms with Gasteiger partial charge in [-0.15, -0.1) is 0 Å². The number of piperidine rings is 1. The summed E-state index contributed by atoms with van der Waals surface area (Å²) in [6, 6.07) is 0. The first kappa shape index (κ1) is 13.0. The van der Waals surface area contributed by atoms with E-state index in [1.807, 2.05) is 0 Å². The van der Waals surface area contributed by atoms with Crippen LogP contribution in [0.1, 0.15) is 26.2 Å². The number of allylic oxidation sites excluding steroid dienone is 3. The van der Waals surface area contributed by atoms with Crippen molar-refractivity contribution in [3.05, 3.63) is 30.0 Å². The molecular formula is C16H26N3. The normalized spacial score (nSPS) is 26.2. The van der Waals surface area contributed by atoms with E-state index in [0.717, 1.165) is 38.5 Å². The first-order chi connectivity index (χ1) is 9.33. The van der Waals surface area contributed by atoms with Gasteiger partial charge in [-0.25, -0.2) is 0 Å². The summed E-state index contributed by atoms with van der Waals surface area (Å²) in [7, 11) is 0. The molecule has 2 fully saturated rings. The summed E-state index contributed by atoms with van der Waals surface area (Å²) in [5.41, 5.74) is 2.90. The molecular weight excluding hydrogens is 234 g/mol. The molecule has 3 heteroatoms. The van der Waals surface area contributed by atoms with Crippen LogP contribution in [0, 0.1) is 12.3 Å². The number of piperazine rings is 1. The number of nitrogens with zero attached hydrogens (tertiary/aromatic N) is 2. The highest BCUT2D eigenvalue weighted by molar-refractivity contribution is 5.32.